The van der Waals surface area contributed by atoms with Crippen LogP contribution in [0.3, 0.4) is 0 Å². The number of hydrogen-bond donors (Lipinski definition) is 2. The molecule has 1 aliphatic heterocycles. The van der Waals surface area contributed by atoms with Crippen molar-refractivity contribution in [3.63, 3.8) is 0 Å². The number of hydrogen-bond acceptors (Lipinski definition) is 4. The Labute approximate surface area is 237 Å². The molecule has 6 heteroatoms. The number of H-pyrrole nitrogens is 1. The second-order valence-corrected chi connectivity index (χ2v) is 12.7. The van der Waals surface area contributed by atoms with Crippen LogP contribution in [0.1, 0.15) is 79.6 Å². The van der Waals surface area contributed by atoms with Crippen LogP contribution in [0.2, 0.25) is 0 Å². The number of aromatic nitrogens is 2. The van der Waals surface area contributed by atoms with Crippen molar-refractivity contribution in [1.82, 2.24) is 20.2 Å². The van der Waals surface area contributed by atoms with Gasteiger partial charge < -0.3 is 15.2 Å². The molecular weight excluding hydrogens is 500 g/mol. The molecule has 0 radical (unpaired) electrons. The highest BCUT2D eigenvalue weighted by molar-refractivity contribution is 7.19. The van der Waals surface area contributed by atoms with Crippen LogP contribution in [0, 0.1) is 13.8 Å². The van der Waals surface area contributed by atoms with E-state index in [1.54, 1.807) is 11.3 Å². The summed E-state index contributed by atoms with van der Waals surface area (Å²) in [6, 6.07) is 13.6. The number of benzene rings is 1. The molecule has 0 bridgehead atoms. The van der Waals surface area contributed by atoms with Gasteiger partial charge in [-0.2, -0.15) is 0 Å². The van der Waals surface area contributed by atoms with Gasteiger partial charge >= 0.3 is 0 Å². The van der Waals surface area contributed by atoms with Crippen LogP contribution in [0.4, 0.5) is 0 Å². The summed E-state index contributed by atoms with van der Waals surface area (Å²) >= 11 is 1.74. The standard InChI is InChI=1S/C33H42N4OS/c1-6-9-28(24-10-13-34-14-11-24)35-15-12-26-27-21-29(33(4,5)32(38)37-16-7-8-17-37)39-31(27)36-30(26)25-19-22(2)18-23(3)20-25/h10-11,13-14,18-21,28,35-36H,6-9,12,15-17H2,1-5H3. The van der Waals surface area contributed by atoms with E-state index in [9.17, 15) is 4.79 Å². The van der Waals surface area contributed by atoms with Crippen LogP contribution in [-0.2, 0) is 16.6 Å². The topological polar surface area (TPSA) is 61.0 Å². The summed E-state index contributed by atoms with van der Waals surface area (Å²) < 4.78 is 0. The highest BCUT2D eigenvalue weighted by Gasteiger charge is 2.37. The number of nitrogens with one attached hydrogen (secondary N) is 2. The van der Waals surface area contributed by atoms with Crippen LogP contribution in [0.5, 0.6) is 0 Å². The van der Waals surface area contributed by atoms with Crippen LogP contribution in [0.25, 0.3) is 21.5 Å². The third-order valence-corrected chi connectivity index (χ3v) is 9.48. The fourth-order valence-electron chi connectivity index (χ4n) is 6.03. The molecule has 1 saturated heterocycles. The van der Waals surface area contributed by atoms with Crippen molar-refractivity contribution < 1.29 is 4.79 Å². The lowest BCUT2D eigenvalue weighted by Crippen LogP contribution is -2.41. The van der Waals surface area contributed by atoms with Crippen molar-refractivity contribution in [2.24, 2.45) is 0 Å². The minimum atomic E-state index is -0.530. The van der Waals surface area contributed by atoms with Gasteiger partial charge in [-0.3, -0.25) is 9.78 Å². The number of carbonyl (C=O) groups excluding carboxylic acids is 1. The number of amides is 1. The van der Waals surface area contributed by atoms with Gasteiger partial charge in [-0.05, 0) is 107 Å². The fraction of sp³-hybridized carbons (Fsp3) is 0.455. The smallest absolute Gasteiger partial charge is 0.233 e. The Balaban J connectivity index is 1.48. The van der Waals surface area contributed by atoms with Crippen molar-refractivity contribution in [2.45, 2.75) is 78.2 Å². The van der Waals surface area contributed by atoms with Crippen LogP contribution in [-0.4, -0.2) is 40.4 Å². The molecule has 5 rings (SSSR count). The second-order valence-electron chi connectivity index (χ2n) is 11.7. The van der Waals surface area contributed by atoms with Gasteiger partial charge in [0.1, 0.15) is 4.83 Å². The molecule has 3 aromatic heterocycles. The number of rotatable bonds is 10. The maximum Gasteiger partial charge on any atom is 0.233 e. The lowest BCUT2D eigenvalue weighted by Gasteiger charge is -2.28. The van der Waals surface area contributed by atoms with E-state index in [4.69, 9.17) is 0 Å². The fourth-order valence-corrected chi connectivity index (χ4v) is 7.21. The number of likely N-dealkylation sites (tertiary alicyclic amines) is 1. The molecule has 1 aromatic carbocycles. The SMILES string of the molecule is CCCC(NCCc1c(-c2cc(C)cc(C)c2)[nH]c2sc(C(C)(C)C(=O)N3CCCC3)cc12)c1ccncc1. The van der Waals surface area contributed by atoms with Crippen LogP contribution < -0.4 is 5.32 Å². The first-order valence-corrected chi connectivity index (χ1v) is 15.3. The van der Waals surface area contributed by atoms with Crippen molar-refractivity contribution in [3.8, 4) is 11.3 Å². The monoisotopic (exact) mass is 542 g/mol. The van der Waals surface area contributed by atoms with Crippen LogP contribution >= 0.6 is 11.3 Å². The molecule has 1 aliphatic rings. The first-order valence-electron chi connectivity index (χ1n) is 14.4. The van der Waals surface area contributed by atoms with Gasteiger partial charge in [-0.25, -0.2) is 0 Å². The Morgan fingerprint density at radius 1 is 1.10 bits per heavy atom. The van der Waals surface area contributed by atoms with Gasteiger partial charge in [-0.1, -0.05) is 30.5 Å². The van der Waals surface area contributed by atoms with Crippen molar-refractivity contribution >= 4 is 27.5 Å². The molecule has 1 amide bonds. The zero-order valence-electron chi connectivity index (χ0n) is 24.1. The molecule has 1 unspecified atom stereocenters. The molecule has 2 N–H and O–H groups in total. The average molecular weight is 543 g/mol. The quantitative estimate of drug-likeness (QED) is 0.218. The summed E-state index contributed by atoms with van der Waals surface area (Å²) in [5.41, 5.74) is 7.07. The van der Waals surface area contributed by atoms with Gasteiger partial charge in [0.25, 0.3) is 0 Å². The summed E-state index contributed by atoms with van der Waals surface area (Å²) in [5.74, 6) is 0.251. The second kappa shape index (κ2) is 11.6. The van der Waals surface area contributed by atoms with E-state index in [1.165, 1.54) is 38.9 Å². The first kappa shape index (κ1) is 27.6. The molecule has 0 spiro atoms. The Hall–Kier alpha value is -2.96. The summed E-state index contributed by atoms with van der Waals surface area (Å²) in [5, 5.41) is 5.09. The number of fused-ring (bicyclic) bond motifs is 1. The molecule has 39 heavy (non-hydrogen) atoms. The Morgan fingerprint density at radius 3 is 2.46 bits per heavy atom. The van der Waals surface area contributed by atoms with E-state index in [2.05, 4.69) is 86.3 Å². The van der Waals surface area contributed by atoms with E-state index in [1.807, 2.05) is 17.3 Å². The van der Waals surface area contributed by atoms with E-state index in [0.29, 0.717) is 6.04 Å². The Kier molecular flexibility index (Phi) is 8.24. The molecule has 1 fully saturated rings. The van der Waals surface area contributed by atoms with E-state index >= 15 is 0 Å². The highest BCUT2D eigenvalue weighted by atomic mass is 32.1. The summed E-state index contributed by atoms with van der Waals surface area (Å²) in [6.45, 7) is 13.4. The number of nitrogens with zero attached hydrogens (tertiary/aromatic N) is 2. The first-order chi connectivity index (χ1) is 18.8. The highest BCUT2D eigenvalue weighted by Crippen LogP contribution is 2.41. The van der Waals surface area contributed by atoms with E-state index in [0.717, 1.165) is 61.4 Å². The van der Waals surface area contributed by atoms with Crippen molar-refractivity contribution in [3.05, 3.63) is 75.9 Å². The molecule has 4 heterocycles. The molecule has 0 saturated carbocycles. The van der Waals surface area contributed by atoms with Crippen molar-refractivity contribution in [2.75, 3.05) is 19.6 Å². The number of pyridine rings is 1. The minimum absolute atomic E-state index is 0.251. The predicted octanol–water partition coefficient (Wildman–Crippen LogP) is 7.48. The molecular formula is C33H42N4OS. The predicted molar refractivity (Wildman–Crippen MR) is 164 cm³/mol. The zero-order chi connectivity index (χ0) is 27.6. The van der Waals surface area contributed by atoms with Gasteiger partial charge in [0.2, 0.25) is 5.91 Å². The van der Waals surface area contributed by atoms with Gasteiger partial charge in [-0.15, -0.1) is 11.3 Å². The number of aryl methyl sites for hydroxylation is 2. The van der Waals surface area contributed by atoms with E-state index in [-0.39, 0.29) is 5.91 Å². The average Bonchev–Trinajstić information content (AvgIpc) is 3.65. The Bertz CT molecular complexity index is 1410. The Morgan fingerprint density at radius 2 is 1.79 bits per heavy atom. The molecule has 0 aliphatic carbocycles. The normalized spacial score (nSPS) is 14.8. The number of thiophene rings is 1. The molecule has 206 valence electrons. The third-order valence-electron chi connectivity index (χ3n) is 8.10. The lowest BCUT2D eigenvalue weighted by molar-refractivity contribution is -0.135. The van der Waals surface area contributed by atoms with Crippen molar-refractivity contribution in [1.29, 1.82) is 0 Å². The van der Waals surface area contributed by atoms with Crippen LogP contribution in [0.15, 0.2) is 48.8 Å². The number of aromatic amines is 1. The third kappa shape index (κ3) is 5.82. The largest absolute Gasteiger partial charge is 0.346 e. The zero-order valence-corrected chi connectivity index (χ0v) is 24.9. The molecule has 1 atom stereocenters. The lowest BCUT2D eigenvalue weighted by atomic mass is 9.89. The van der Waals surface area contributed by atoms with E-state index < -0.39 is 5.41 Å². The molecule has 4 aromatic rings. The summed E-state index contributed by atoms with van der Waals surface area (Å²) in [4.78, 5) is 25.8. The maximum atomic E-state index is 13.5. The van der Waals surface area contributed by atoms with Gasteiger partial charge in [0.05, 0.1) is 11.1 Å². The molecule has 5 nitrogen and oxygen atoms in total. The summed E-state index contributed by atoms with van der Waals surface area (Å²) in [6.07, 6.45) is 9.10. The van der Waals surface area contributed by atoms with Gasteiger partial charge in [0.15, 0.2) is 0 Å². The number of carbonyl (C=O) groups is 1. The summed E-state index contributed by atoms with van der Waals surface area (Å²) in [7, 11) is 0. The minimum Gasteiger partial charge on any atom is -0.346 e. The van der Waals surface area contributed by atoms with Gasteiger partial charge in [0, 0.05) is 41.8 Å². The maximum absolute atomic E-state index is 13.5.